The summed E-state index contributed by atoms with van der Waals surface area (Å²) in [7, 11) is 0. The molecule has 0 aromatic heterocycles. The van der Waals surface area contributed by atoms with Crippen LogP contribution >= 0.6 is 39.3 Å². The Morgan fingerprint density at radius 2 is 2.20 bits per heavy atom. The summed E-state index contributed by atoms with van der Waals surface area (Å²) in [5, 5.41) is 0.402. The molecule has 0 saturated heterocycles. The molecule has 0 amide bonds. The fraction of sp³-hybridized carbons (Fsp3) is 0.364. The second kappa shape index (κ2) is 6.56. The number of ketones is 1. The molecule has 0 unspecified atom stereocenters. The van der Waals surface area contributed by atoms with E-state index in [0.29, 0.717) is 17.6 Å². The van der Waals surface area contributed by atoms with Crippen LogP contribution in [0.15, 0.2) is 23.1 Å². The normalized spacial score (nSPS) is 10.3. The molecular weight excluding hydrogens is 296 g/mol. The zero-order valence-corrected chi connectivity index (χ0v) is 11.6. The molecule has 82 valence electrons. The summed E-state index contributed by atoms with van der Waals surface area (Å²) in [6, 6.07) is 6.07. The van der Waals surface area contributed by atoms with Gasteiger partial charge < -0.3 is 0 Å². The van der Waals surface area contributed by atoms with E-state index in [4.69, 9.17) is 11.6 Å². The van der Waals surface area contributed by atoms with E-state index in [0.717, 1.165) is 11.1 Å². The lowest BCUT2D eigenvalue weighted by atomic mass is 10.0. The number of hydrogen-bond acceptors (Lipinski definition) is 2. The summed E-state index contributed by atoms with van der Waals surface area (Å²) in [4.78, 5) is 12.5. The van der Waals surface area contributed by atoms with E-state index in [-0.39, 0.29) is 5.78 Å². The van der Waals surface area contributed by atoms with Gasteiger partial charge in [-0.2, -0.15) is 0 Å². The molecule has 1 rings (SSSR count). The smallest absolute Gasteiger partial charge is 0.147 e. The van der Waals surface area contributed by atoms with Gasteiger partial charge in [-0.05, 0) is 29.5 Å². The Morgan fingerprint density at radius 3 is 2.73 bits per heavy atom. The molecule has 4 heteroatoms. The van der Waals surface area contributed by atoms with Gasteiger partial charge in [0.1, 0.15) is 5.78 Å². The Kier molecular flexibility index (Phi) is 5.72. The largest absolute Gasteiger partial charge is 0.298 e. The third-order valence-corrected chi connectivity index (χ3v) is 3.73. The van der Waals surface area contributed by atoms with E-state index in [9.17, 15) is 4.79 Å². The van der Waals surface area contributed by atoms with Gasteiger partial charge in [0.2, 0.25) is 0 Å². The van der Waals surface area contributed by atoms with Gasteiger partial charge in [-0.1, -0.05) is 22.0 Å². The summed E-state index contributed by atoms with van der Waals surface area (Å²) in [5.74, 6) is 0.637. The molecular formula is C11H12BrClOS. The maximum Gasteiger partial charge on any atom is 0.147 e. The van der Waals surface area contributed by atoms with Crippen LogP contribution in [0.5, 0.6) is 0 Å². The number of halogens is 2. The highest BCUT2D eigenvalue weighted by atomic mass is 79.9. The van der Waals surface area contributed by atoms with Crippen LogP contribution in [0, 0.1) is 0 Å². The summed E-state index contributed by atoms with van der Waals surface area (Å²) in [6.45, 7) is 0. The molecule has 0 fully saturated rings. The Labute approximate surface area is 108 Å². The minimum absolute atomic E-state index is 0.179. The van der Waals surface area contributed by atoms with Gasteiger partial charge in [-0.15, -0.1) is 23.4 Å². The summed E-state index contributed by atoms with van der Waals surface area (Å²) in [5.41, 5.74) is 2.09. The molecule has 0 N–H and O–H groups in total. The number of thioether (sulfide) groups is 1. The second-order valence-corrected chi connectivity index (χ2v) is 4.83. The minimum Gasteiger partial charge on any atom is -0.298 e. The Morgan fingerprint density at radius 1 is 1.47 bits per heavy atom. The molecule has 0 aliphatic carbocycles. The standard InChI is InChI=1S/C11H12BrClOS/c1-15-11-3-2-8(4-10(14)6-12)9(5-11)7-13/h2-3,5H,4,6-7H2,1H3. The lowest BCUT2D eigenvalue weighted by Gasteiger charge is -2.07. The minimum atomic E-state index is 0.179. The van der Waals surface area contributed by atoms with Crippen molar-refractivity contribution in [2.75, 3.05) is 11.6 Å². The first-order valence-electron chi connectivity index (χ1n) is 4.50. The van der Waals surface area contributed by atoms with Crippen molar-refractivity contribution < 1.29 is 4.79 Å². The fourth-order valence-electron chi connectivity index (χ4n) is 1.29. The first kappa shape index (κ1) is 13.1. The van der Waals surface area contributed by atoms with Crippen LogP contribution in [0.3, 0.4) is 0 Å². The molecule has 1 aromatic rings. The number of hydrogen-bond donors (Lipinski definition) is 0. The highest BCUT2D eigenvalue weighted by Crippen LogP contribution is 2.21. The van der Waals surface area contributed by atoms with Crippen LogP contribution in [-0.2, 0) is 17.1 Å². The molecule has 0 aliphatic rings. The molecule has 0 heterocycles. The number of carbonyl (C=O) groups is 1. The third-order valence-electron chi connectivity index (χ3n) is 2.09. The van der Waals surface area contributed by atoms with Crippen LogP contribution in [0.25, 0.3) is 0 Å². The van der Waals surface area contributed by atoms with E-state index in [2.05, 4.69) is 22.0 Å². The summed E-state index contributed by atoms with van der Waals surface area (Å²) >= 11 is 10.7. The van der Waals surface area contributed by atoms with E-state index in [1.807, 2.05) is 18.4 Å². The first-order valence-corrected chi connectivity index (χ1v) is 7.38. The fourth-order valence-corrected chi connectivity index (χ4v) is 2.20. The van der Waals surface area contributed by atoms with E-state index < -0.39 is 0 Å². The van der Waals surface area contributed by atoms with Crippen molar-refractivity contribution in [1.82, 2.24) is 0 Å². The number of alkyl halides is 2. The zero-order valence-electron chi connectivity index (χ0n) is 8.43. The third kappa shape index (κ3) is 3.82. The highest BCUT2D eigenvalue weighted by Gasteiger charge is 2.07. The number of benzene rings is 1. The van der Waals surface area contributed by atoms with Gasteiger partial charge in [0.15, 0.2) is 0 Å². The average molecular weight is 308 g/mol. The molecule has 0 radical (unpaired) electrons. The second-order valence-electron chi connectivity index (χ2n) is 3.12. The van der Waals surface area contributed by atoms with Crippen LogP contribution in [0.2, 0.25) is 0 Å². The van der Waals surface area contributed by atoms with Gasteiger partial charge in [-0.25, -0.2) is 0 Å². The molecule has 0 atom stereocenters. The lowest BCUT2D eigenvalue weighted by Crippen LogP contribution is -2.05. The van der Waals surface area contributed by atoms with Crippen LogP contribution in [-0.4, -0.2) is 17.4 Å². The Hall–Kier alpha value is 0.01000. The molecule has 0 spiro atoms. The molecule has 0 bridgehead atoms. The summed E-state index contributed by atoms with van der Waals surface area (Å²) < 4.78 is 0. The monoisotopic (exact) mass is 306 g/mol. The van der Waals surface area contributed by atoms with Crippen molar-refractivity contribution in [3.63, 3.8) is 0 Å². The van der Waals surface area contributed by atoms with Crippen molar-refractivity contribution in [1.29, 1.82) is 0 Å². The van der Waals surface area contributed by atoms with Gasteiger partial charge >= 0.3 is 0 Å². The average Bonchev–Trinajstić information content (AvgIpc) is 2.29. The summed E-state index contributed by atoms with van der Waals surface area (Å²) in [6.07, 6.45) is 2.48. The maximum absolute atomic E-state index is 11.3. The van der Waals surface area contributed by atoms with Crippen LogP contribution in [0.1, 0.15) is 11.1 Å². The molecule has 15 heavy (non-hydrogen) atoms. The Balaban J connectivity index is 2.92. The number of Topliss-reactive ketones (excluding diaryl/α,β-unsaturated/α-hetero) is 1. The van der Waals surface area contributed by atoms with Crippen LogP contribution in [0.4, 0.5) is 0 Å². The lowest BCUT2D eigenvalue weighted by molar-refractivity contribution is -0.115. The highest BCUT2D eigenvalue weighted by molar-refractivity contribution is 9.09. The zero-order chi connectivity index (χ0) is 11.3. The van der Waals surface area contributed by atoms with Crippen molar-refractivity contribution in [2.24, 2.45) is 0 Å². The van der Waals surface area contributed by atoms with Gasteiger partial charge in [0, 0.05) is 17.2 Å². The van der Waals surface area contributed by atoms with Crippen molar-refractivity contribution in [3.8, 4) is 0 Å². The SMILES string of the molecule is CSc1ccc(CC(=O)CBr)c(CCl)c1. The van der Waals surface area contributed by atoms with Gasteiger partial charge in [0.05, 0.1) is 5.33 Å². The quantitative estimate of drug-likeness (QED) is 0.610. The molecule has 0 aliphatic heterocycles. The predicted molar refractivity (Wildman–Crippen MR) is 70.3 cm³/mol. The number of rotatable bonds is 5. The molecule has 1 aromatic carbocycles. The molecule has 1 nitrogen and oxygen atoms in total. The van der Waals surface area contributed by atoms with E-state index >= 15 is 0 Å². The van der Waals surface area contributed by atoms with Crippen molar-refractivity contribution in [2.45, 2.75) is 17.2 Å². The van der Waals surface area contributed by atoms with Crippen molar-refractivity contribution >= 4 is 45.1 Å². The molecule has 0 saturated carbocycles. The topological polar surface area (TPSA) is 17.1 Å². The van der Waals surface area contributed by atoms with Crippen LogP contribution < -0.4 is 0 Å². The van der Waals surface area contributed by atoms with Gasteiger partial charge in [-0.3, -0.25) is 4.79 Å². The van der Waals surface area contributed by atoms with E-state index in [1.54, 1.807) is 11.8 Å². The Bertz CT molecular complexity index is 354. The maximum atomic E-state index is 11.3. The van der Waals surface area contributed by atoms with Crippen molar-refractivity contribution in [3.05, 3.63) is 29.3 Å². The van der Waals surface area contributed by atoms with Gasteiger partial charge in [0.25, 0.3) is 0 Å². The predicted octanol–water partition coefficient (Wildman–Crippen LogP) is 3.65. The van der Waals surface area contributed by atoms with E-state index in [1.165, 1.54) is 4.90 Å². The number of carbonyl (C=O) groups excluding carboxylic acids is 1. The first-order chi connectivity index (χ1) is 7.21.